The molecule has 3 aromatic rings. The average molecular weight is 424 g/mol. The molecule has 31 heavy (non-hydrogen) atoms. The molecule has 164 valence electrons. The molecule has 1 saturated heterocycles. The normalized spacial score (nSPS) is 16.1. The van der Waals surface area contributed by atoms with E-state index in [9.17, 15) is 4.79 Å². The molecule has 1 fully saturated rings. The van der Waals surface area contributed by atoms with Gasteiger partial charge >= 0.3 is 6.03 Å². The summed E-state index contributed by atoms with van der Waals surface area (Å²) < 4.78 is 2.04. The highest BCUT2D eigenvalue weighted by Gasteiger charge is 2.27. The van der Waals surface area contributed by atoms with E-state index in [-0.39, 0.29) is 12.1 Å². The number of hydrogen-bond donors (Lipinski definition) is 2. The van der Waals surface area contributed by atoms with Gasteiger partial charge in [0.05, 0.1) is 5.56 Å². The van der Waals surface area contributed by atoms with Crippen LogP contribution in [-0.2, 0) is 6.54 Å². The maximum atomic E-state index is 12.3. The zero-order chi connectivity index (χ0) is 21.8. The van der Waals surface area contributed by atoms with E-state index in [2.05, 4.69) is 44.4 Å². The first-order valence-electron chi connectivity index (χ1n) is 10.9. The van der Waals surface area contributed by atoms with E-state index in [0.29, 0.717) is 24.4 Å². The molecule has 0 aromatic carbocycles. The summed E-state index contributed by atoms with van der Waals surface area (Å²) in [6, 6.07) is 0.121. The van der Waals surface area contributed by atoms with Crippen LogP contribution in [0.4, 0.5) is 10.6 Å². The molecule has 1 aliphatic heterocycles. The van der Waals surface area contributed by atoms with Gasteiger partial charge in [0.25, 0.3) is 0 Å². The van der Waals surface area contributed by atoms with Crippen molar-refractivity contribution in [2.24, 2.45) is 0 Å². The molecule has 0 radical (unpaired) electrons. The Hall–Kier alpha value is -3.30. The molecule has 4 rings (SSSR count). The summed E-state index contributed by atoms with van der Waals surface area (Å²) >= 11 is 0. The third kappa shape index (κ3) is 4.42. The quantitative estimate of drug-likeness (QED) is 0.562. The lowest BCUT2D eigenvalue weighted by Crippen LogP contribution is -2.40. The Bertz CT molecular complexity index is 1050. The van der Waals surface area contributed by atoms with Crippen LogP contribution in [0.3, 0.4) is 0 Å². The number of imidazole rings is 1. The Morgan fingerprint density at radius 2 is 2.00 bits per heavy atom. The van der Waals surface area contributed by atoms with Crippen molar-refractivity contribution < 1.29 is 4.79 Å². The molecule has 3 aromatic heterocycles. The number of fused-ring (bicyclic) bond motifs is 1. The minimum atomic E-state index is 0.00232. The Kier molecular flexibility index (Phi) is 6.24. The van der Waals surface area contributed by atoms with E-state index in [4.69, 9.17) is 4.98 Å². The fraction of sp³-hybridized carbons (Fsp3) is 0.524. The maximum Gasteiger partial charge on any atom is 0.317 e. The smallest absolute Gasteiger partial charge is 0.317 e. The third-order valence-corrected chi connectivity index (χ3v) is 5.51. The summed E-state index contributed by atoms with van der Waals surface area (Å²) in [5, 5.41) is 6.47. The van der Waals surface area contributed by atoms with E-state index in [1.54, 1.807) is 18.7 Å². The fourth-order valence-electron chi connectivity index (χ4n) is 3.81. The lowest BCUT2D eigenvalue weighted by molar-refractivity contribution is 0.208. The highest BCUT2D eigenvalue weighted by atomic mass is 16.2. The van der Waals surface area contributed by atoms with Crippen LogP contribution in [0.5, 0.6) is 0 Å². The van der Waals surface area contributed by atoms with Gasteiger partial charge in [-0.25, -0.2) is 29.7 Å². The van der Waals surface area contributed by atoms with Gasteiger partial charge < -0.3 is 20.1 Å². The van der Waals surface area contributed by atoms with Gasteiger partial charge in [0, 0.05) is 44.6 Å². The van der Waals surface area contributed by atoms with Gasteiger partial charge in [-0.15, -0.1) is 0 Å². The lowest BCUT2D eigenvalue weighted by atomic mass is 10.2. The standard InChI is InChI=1S/C21H29N9O/c1-4-6-8-22-21(31)29-9-7-16(12-29)27-18-17-20(26-13-25-18)30(5-2)19(28-17)15-10-23-14(3)24-11-15/h10-11,13,16H,4-9,12H2,1-3H3,(H,22,31)(H,25,26,27)/t16-/m0/s1. The van der Waals surface area contributed by atoms with Gasteiger partial charge in [-0.05, 0) is 26.7 Å². The first-order valence-corrected chi connectivity index (χ1v) is 10.9. The van der Waals surface area contributed by atoms with Crippen LogP contribution in [-0.4, -0.2) is 66.1 Å². The number of hydrogen-bond acceptors (Lipinski definition) is 7. The number of aromatic nitrogens is 6. The molecule has 0 aliphatic carbocycles. The van der Waals surface area contributed by atoms with Crippen molar-refractivity contribution in [2.75, 3.05) is 25.0 Å². The Morgan fingerprint density at radius 1 is 1.19 bits per heavy atom. The van der Waals surface area contributed by atoms with Gasteiger partial charge in [0.15, 0.2) is 17.0 Å². The molecule has 1 atom stereocenters. The van der Waals surface area contributed by atoms with E-state index in [1.165, 1.54) is 0 Å². The van der Waals surface area contributed by atoms with E-state index < -0.39 is 0 Å². The first-order chi connectivity index (χ1) is 15.1. The minimum Gasteiger partial charge on any atom is -0.364 e. The number of unbranched alkanes of at least 4 members (excludes halogenated alkanes) is 1. The van der Waals surface area contributed by atoms with Gasteiger partial charge in [-0.3, -0.25) is 0 Å². The van der Waals surface area contributed by atoms with E-state index in [1.807, 2.05) is 16.4 Å². The zero-order valence-corrected chi connectivity index (χ0v) is 18.3. The summed E-state index contributed by atoms with van der Waals surface area (Å²) in [5.41, 5.74) is 2.32. The number of nitrogens with one attached hydrogen (secondary N) is 2. The van der Waals surface area contributed by atoms with Crippen LogP contribution in [0.15, 0.2) is 18.7 Å². The second-order valence-corrected chi connectivity index (χ2v) is 7.75. The van der Waals surface area contributed by atoms with Crippen molar-refractivity contribution in [3.8, 4) is 11.4 Å². The van der Waals surface area contributed by atoms with Crippen molar-refractivity contribution in [3.63, 3.8) is 0 Å². The monoisotopic (exact) mass is 423 g/mol. The first kappa shape index (κ1) is 21.0. The number of rotatable bonds is 7. The molecule has 4 heterocycles. The molecule has 10 heteroatoms. The predicted octanol–water partition coefficient (Wildman–Crippen LogP) is 2.61. The minimum absolute atomic E-state index is 0.00232. The van der Waals surface area contributed by atoms with Gasteiger partial charge in [-0.1, -0.05) is 13.3 Å². The van der Waals surface area contributed by atoms with Crippen LogP contribution in [0.1, 0.15) is 38.9 Å². The van der Waals surface area contributed by atoms with Crippen molar-refractivity contribution in [1.82, 2.24) is 39.7 Å². The van der Waals surface area contributed by atoms with E-state index in [0.717, 1.165) is 55.2 Å². The van der Waals surface area contributed by atoms with Crippen LogP contribution >= 0.6 is 0 Å². The number of nitrogens with zero attached hydrogens (tertiary/aromatic N) is 7. The molecule has 0 saturated carbocycles. The Balaban J connectivity index is 1.54. The molecule has 1 aliphatic rings. The number of carbonyl (C=O) groups is 1. The summed E-state index contributed by atoms with van der Waals surface area (Å²) in [7, 11) is 0. The van der Waals surface area contributed by atoms with Crippen molar-refractivity contribution in [1.29, 1.82) is 0 Å². The van der Waals surface area contributed by atoms with Crippen molar-refractivity contribution in [3.05, 3.63) is 24.5 Å². The lowest BCUT2D eigenvalue weighted by Gasteiger charge is -2.18. The summed E-state index contributed by atoms with van der Waals surface area (Å²) in [4.78, 5) is 36.5. The molecule has 2 amide bonds. The fourth-order valence-corrected chi connectivity index (χ4v) is 3.81. The van der Waals surface area contributed by atoms with Crippen molar-refractivity contribution >= 4 is 23.0 Å². The average Bonchev–Trinajstić information content (AvgIpc) is 3.39. The van der Waals surface area contributed by atoms with Gasteiger partial charge in [-0.2, -0.15) is 0 Å². The number of urea groups is 1. The highest BCUT2D eigenvalue weighted by Crippen LogP contribution is 2.27. The number of amides is 2. The molecule has 0 unspecified atom stereocenters. The molecule has 10 nitrogen and oxygen atoms in total. The topological polar surface area (TPSA) is 114 Å². The van der Waals surface area contributed by atoms with Gasteiger partial charge in [0.1, 0.15) is 18.0 Å². The van der Waals surface area contributed by atoms with Gasteiger partial charge in [0.2, 0.25) is 0 Å². The summed E-state index contributed by atoms with van der Waals surface area (Å²) in [5.74, 6) is 2.17. The molecular weight excluding hydrogens is 394 g/mol. The van der Waals surface area contributed by atoms with Crippen LogP contribution in [0, 0.1) is 6.92 Å². The number of likely N-dealkylation sites (tertiary alicyclic amines) is 1. The maximum absolute atomic E-state index is 12.3. The molecule has 0 bridgehead atoms. The summed E-state index contributed by atoms with van der Waals surface area (Å²) in [6.07, 6.45) is 8.03. The van der Waals surface area contributed by atoms with Crippen molar-refractivity contribution in [2.45, 2.75) is 52.6 Å². The predicted molar refractivity (Wildman–Crippen MR) is 119 cm³/mol. The third-order valence-electron chi connectivity index (χ3n) is 5.51. The molecular formula is C21H29N9O. The van der Waals surface area contributed by atoms with Crippen LogP contribution in [0.25, 0.3) is 22.6 Å². The SMILES string of the molecule is CCCCNC(=O)N1CC[C@H](Nc2ncnc3c2nc(-c2cnc(C)nc2)n3CC)C1. The van der Waals surface area contributed by atoms with E-state index >= 15 is 0 Å². The Morgan fingerprint density at radius 3 is 2.74 bits per heavy atom. The molecule has 2 N–H and O–H groups in total. The second kappa shape index (κ2) is 9.23. The Labute approximate surface area is 181 Å². The largest absolute Gasteiger partial charge is 0.364 e. The number of anilines is 1. The van der Waals surface area contributed by atoms with Crippen LogP contribution < -0.4 is 10.6 Å². The number of aryl methyl sites for hydroxylation is 2. The summed E-state index contributed by atoms with van der Waals surface area (Å²) in [6.45, 7) is 8.81. The zero-order valence-electron chi connectivity index (χ0n) is 18.3. The number of carbonyl (C=O) groups excluding carboxylic acids is 1. The van der Waals surface area contributed by atoms with Crippen LogP contribution in [0.2, 0.25) is 0 Å². The second-order valence-electron chi connectivity index (χ2n) is 7.75. The molecule has 0 spiro atoms. The highest BCUT2D eigenvalue weighted by molar-refractivity contribution is 5.86.